The van der Waals surface area contributed by atoms with Gasteiger partial charge in [-0.05, 0) is 37.8 Å². The molecule has 1 aliphatic heterocycles. The number of carbonyl (C=O) groups excluding carboxylic acids is 1. The predicted molar refractivity (Wildman–Crippen MR) is 74.5 cm³/mol. The Morgan fingerprint density at radius 1 is 1.38 bits per heavy atom. The first-order chi connectivity index (χ1) is 10.1. The van der Waals surface area contributed by atoms with Gasteiger partial charge in [-0.1, -0.05) is 0 Å². The number of anilines is 1. The highest BCUT2D eigenvalue weighted by Gasteiger charge is 2.28. The van der Waals surface area contributed by atoms with Crippen LogP contribution in [-0.2, 0) is 0 Å². The highest BCUT2D eigenvalue weighted by Crippen LogP contribution is 2.25. The molecule has 0 aliphatic carbocycles. The van der Waals surface area contributed by atoms with Crippen molar-refractivity contribution in [3.8, 4) is 0 Å². The second-order valence-corrected chi connectivity index (χ2v) is 5.12. The second kappa shape index (κ2) is 6.82. The van der Waals surface area contributed by atoms with Crippen molar-refractivity contribution in [3.63, 3.8) is 0 Å². The minimum Gasteiger partial charge on any atom is -0.396 e. The Morgan fingerprint density at radius 2 is 2.05 bits per heavy atom. The smallest absolute Gasteiger partial charge is 0.254 e. The SMILES string of the molecule is NNc1c(F)cc(C(=O)N2CCCCC2CCO)cc1F. The normalized spacial score (nSPS) is 18.7. The molecule has 1 fully saturated rings. The average Bonchev–Trinajstić information content (AvgIpc) is 2.47. The van der Waals surface area contributed by atoms with E-state index in [4.69, 9.17) is 10.9 Å². The number of halogens is 2. The van der Waals surface area contributed by atoms with Crippen LogP contribution in [0, 0.1) is 11.6 Å². The van der Waals surface area contributed by atoms with E-state index >= 15 is 0 Å². The summed E-state index contributed by atoms with van der Waals surface area (Å²) < 4.78 is 27.4. The van der Waals surface area contributed by atoms with Gasteiger partial charge in [0.25, 0.3) is 5.91 Å². The van der Waals surface area contributed by atoms with Crippen molar-refractivity contribution >= 4 is 11.6 Å². The number of aliphatic hydroxyl groups is 1. The molecule has 1 heterocycles. The number of benzene rings is 1. The van der Waals surface area contributed by atoms with Crippen molar-refractivity contribution in [2.24, 2.45) is 5.84 Å². The van der Waals surface area contributed by atoms with E-state index < -0.39 is 23.2 Å². The average molecular weight is 299 g/mol. The molecule has 21 heavy (non-hydrogen) atoms. The minimum absolute atomic E-state index is 0.0206. The van der Waals surface area contributed by atoms with Gasteiger partial charge in [0, 0.05) is 24.8 Å². The van der Waals surface area contributed by atoms with Crippen LogP contribution in [0.2, 0.25) is 0 Å². The van der Waals surface area contributed by atoms with E-state index in [1.807, 2.05) is 5.43 Å². The molecule has 5 nitrogen and oxygen atoms in total. The van der Waals surface area contributed by atoms with Gasteiger partial charge in [-0.25, -0.2) is 8.78 Å². The summed E-state index contributed by atoms with van der Waals surface area (Å²) in [5.41, 5.74) is 1.42. The molecule has 0 spiro atoms. The molecule has 1 aromatic rings. The van der Waals surface area contributed by atoms with Crippen molar-refractivity contribution in [2.75, 3.05) is 18.6 Å². The van der Waals surface area contributed by atoms with E-state index in [0.717, 1.165) is 31.4 Å². The molecular formula is C14H19F2N3O2. The second-order valence-electron chi connectivity index (χ2n) is 5.12. The summed E-state index contributed by atoms with van der Waals surface area (Å²) in [5.74, 6) is 2.80. The molecule has 1 amide bonds. The van der Waals surface area contributed by atoms with Crippen LogP contribution in [0.1, 0.15) is 36.0 Å². The standard InChI is InChI=1S/C14H19F2N3O2/c15-11-7-9(8-12(16)13(11)18-17)14(21)19-5-2-1-3-10(19)4-6-20/h7-8,10,18,20H,1-6,17H2. The van der Waals surface area contributed by atoms with Crippen molar-refractivity contribution in [3.05, 3.63) is 29.3 Å². The molecule has 116 valence electrons. The Kier molecular flexibility index (Phi) is 5.08. The molecule has 0 bridgehead atoms. The number of hydrogen-bond acceptors (Lipinski definition) is 4. The zero-order valence-corrected chi connectivity index (χ0v) is 11.6. The third-order valence-corrected chi connectivity index (χ3v) is 3.78. The Bertz CT molecular complexity index is 500. The number of hydrogen-bond donors (Lipinski definition) is 3. The molecule has 1 saturated heterocycles. The van der Waals surface area contributed by atoms with Gasteiger partial charge >= 0.3 is 0 Å². The van der Waals surface area contributed by atoms with E-state index in [-0.39, 0.29) is 18.2 Å². The van der Waals surface area contributed by atoms with Gasteiger partial charge in [-0.15, -0.1) is 0 Å². The van der Waals surface area contributed by atoms with Crippen LogP contribution in [0.3, 0.4) is 0 Å². The fourth-order valence-electron chi connectivity index (χ4n) is 2.72. The van der Waals surface area contributed by atoms with Crippen LogP contribution >= 0.6 is 0 Å². The van der Waals surface area contributed by atoms with Crippen LogP contribution in [0.25, 0.3) is 0 Å². The van der Waals surface area contributed by atoms with E-state index in [0.29, 0.717) is 13.0 Å². The summed E-state index contributed by atoms with van der Waals surface area (Å²) in [7, 11) is 0. The third kappa shape index (κ3) is 3.30. The molecule has 4 N–H and O–H groups in total. The monoisotopic (exact) mass is 299 g/mol. The van der Waals surface area contributed by atoms with E-state index in [1.165, 1.54) is 0 Å². The maximum Gasteiger partial charge on any atom is 0.254 e. The number of likely N-dealkylation sites (tertiary alicyclic amines) is 1. The lowest BCUT2D eigenvalue weighted by Crippen LogP contribution is -2.44. The fourth-order valence-corrected chi connectivity index (χ4v) is 2.72. The Labute approximate surface area is 121 Å². The third-order valence-electron chi connectivity index (χ3n) is 3.78. The maximum atomic E-state index is 13.7. The van der Waals surface area contributed by atoms with Gasteiger partial charge in [0.15, 0.2) is 11.6 Å². The number of rotatable bonds is 4. The number of nitrogens with two attached hydrogens (primary N) is 1. The molecule has 1 aliphatic rings. The van der Waals surface area contributed by atoms with Crippen LogP contribution in [0.5, 0.6) is 0 Å². The first-order valence-electron chi connectivity index (χ1n) is 6.96. The number of nitrogen functional groups attached to an aromatic ring is 1. The largest absolute Gasteiger partial charge is 0.396 e. The molecular weight excluding hydrogens is 280 g/mol. The van der Waals surface area contributed by atoms with Gasteiger partial charge in [-0.3, -0.25) is 10.6 Å². The van der Waals surface area contributed by atoms with Crippen molar-refractivity contribution in [2.45, 2.75) is 31.7 Å². The zero-order valence-electron chi connectivity index (χ0n) is 11.6. The number of hydrazine groups is 1. The lowest BCUT2D eigenvalue weighted by molar-refractivity contribution is 0.0573. The maximum absolute atomic E-state index is 13.7. The molecule has 1 atom stereocenters. The number of amides is 1. The summed E-state index contributed by atoms with van der Waals surface area (Å²) in [5, 5.41) is 9.07. The minimum atomic E-state index is -0.906. The van der Waals surface area contributed by atoms with Gasteiger partial charge in [0.1, 0.15) is 5.69 Å². The summed E-state index contributed by atoms with van der Waals surface area (Å²) >= 11 is 0. The quantitative estimate of drug-likeness (QED) is 0.583. The number of piperidine rings is 1. The van der Waals surface area contributed by atoms with E-state index in [9.17, 15) is 13.6 Å². The molecule has 0 saturated carbocycles. The van der Waals surface area contributed by atoms with Gasteiger partial charge in [-0.2, -0.15) is 0 Å². The predicted octanol–water partition coefficient (Wildman–Crippen LogP) is 1.63. The summed E-state index contributed by atoms with van der Waals surface area (Å²) in [6.45, 7) is 0.511. The number of nitrogens with zero attached hydrogens (tertiary/aromatic N) is 1. The number of nitrogens with one attached hydrogen (secondary N) is 1. The zero-order chi connectivity index (χ0) is 15.4. The fraction of sp³-hybridized carbons (Fsp3) is 0.500. The van der Waals surface area contributed by atoms with Gasteiger partial charge in [0.2, 0.25) is 0 Å². The van der Waals surface area contributed by atoms with Gasteiger partial charge < -0.3 is 15.4 Å². The van der Waals surface area contributed by atoms with Crippen molar-refractivity contribution in [1.82, 2.24) is 4.90 Å². The molecule has 1 aromatic carbocycles. The summed E-state index contributed by atoms with van der Waals surface area (Å²) in [6.07, 6.45) is 3.09. The lowest BCUT2D eigenvalue weighted by Gasteiger charge is -2.35. The highest BCUT2D eigenvalue weighted by molar-refractivity contribution is 5.95. The summed E-state index contributed by atoms with van der Waals surface area (Å²) in [6, 6.07) is 1.87. The van der Waals surface area contributed by atoms with E-state index in [1.54, 1.807) is 4.90 Å². The molecule has 0 radical (unpaired) electrons. The van der Waals surface area contributed by atoms with E-state index in [2.05, 4.69) is 0 Å². The van der Waals surface area contributed by atoms with Crippen molar-refractivity contribution < 1.29 is 18.7 Å². The molecule has 2 rings (SSSR count). The van der Waals surface area contributed by atoms with Crippen LogP contribution in [0.4, 0.5) is 14.5 Å². The first-order valence-corrected chi connectivity index (χ1v) is 6.96. The van der Waals surface area contributed by atoms with Crippen LogP contribution < -0.4 is 11.3 Å². The molecule has 0 aromatic heterocycles. The lowest BCUT2D eigenvalue weighted by atomic mass is 9.98. The highest BCUT2D eigenvalue weighted by atomic mass is 19.1. The molecule has 1 unspecified atom stereocenters. The Morgan fingerprint density at radius 3 is 2.62 bits per heavy atom. The summed E-state index contributed by atoms with van der Waals surface area (Å²) in [4.78, 5) is 14.0. The number of aliphatic hydroxyl groups excluding tert-OH is 1. The van der Waals surface area contributed by atoms with Gasteiger partial charge in [0.05, 0.1) is 0 Å². The Hall–Kier alpha value is -1.73. The Balaban J connectivity index is 2.26. The molecule has 7 heteroatoms. The van der Waals surface area contributed by atoms with Crippen LogP contribution in [0.15, 0.2) is 12.1 Å². The van der Waals surface area contributed by atoms with Crippen molar-refractivity contribution in [1.29, 1.82) is 0 Å². The number of carbonyl (C=O) groups is 1. The topological polar surface area (TPSA) is 78.6 Å². The van der Waals surface area contributed by atoms with Crippen LogP contribution in [-0.4, -0.2) is 35.1 Å². The first kappa shape index (κ1) is 15.7.